The van der Waals surface area contributed by atoms with E-state index in [4.69, 9.17) is 0 Å². The molecule has 0 spiro atoms. The summed E-state index contributed by atoms with van der Waals surface area (Å²) in [6, 6.07) is 13.4. The molecule has 1 N–H and O–H groups in total. The summed E-state index contributed by atoms with van der Waals surface area (Å²) in [7, 11) is 2.06. The van der Waals surface area contributed by atoms with Crippen LogP contribution in [-0.2, 0) is 6.42 Å². The van der Waals surface area contributed by atoms with Gasteiger partial charge in [-0.25, -0.2) is 0 Å². The van der Waals surface area contributed by atoms with Crippen LogP contribution in [0.4, 0.5) is 0 Å². The standard InChI is InChI=1S/C18H23N3/c1-4-17-16(10-12(2)20-21-17)18(19-3)15-11-14(15)13-8-6-5-7-9-13/h5-10,14-15,18-19H,4,11H2,1-3H3. The first kappa shape index (κ1) is 14.2. The van der Waals surface area contributed by atoms with Crippen LogP contribution in [0.3, 0.4) is 0 Å². The van der Waals surface area contributed by atoms with Gasteiger partial charge in [0.1, 0.15) is 0 Å². The van der Waals surface area contributed by atoms with E-state index >= 15 is 0 Å². The highest BCUT2D eigenvalue weighted by Gasteiger charge is 2.44. The summed E-state index contributed by atoms with van der Waals surface area (Å²) < 4.78 is 0. The van der Waals surface area contributed by atoms with Gasteiger partial charge in [0.15, 0.2) is 0 Å². The van der Waals surface area contributed by atoms with Crippen molar-refractivity contribution in [2.45, 2.75) is 38.6 Å². The summed E-state index contributed by atoms with van der Waals surface area (Å²) in [6.07, 6.45) is 2.18. The quantitative estimate of drug-likeness (QED) is 0.912. The molecule has 1 aromatic carbocycles. The lowest BCUT2D eigenvalue weighted by atomic mass is 9.96. The van der Waals surface area contributed by atoms with Crippen LogP contribution in [0.2, 0.25) is 0 Å². The molecule has 0 saturated heterocycles. The van der Waals surface area contributed by atoms with Gasteiger partial charge in [0, 0.05) is 6.04 Å². The van der Waals surface area contributed by atoms with E-state index in [9.17, 15) is 0 Å². The molecule has 1 aliphatic rings. The minimum Gasteiger partial charge on any atom is -0.313 e. The van der Waals surface area contributed by atoms with Gasteiger partial charge >= 0.3 is 0 Å². The van der Waals surface area contributed by atoms with Crippen molar-refractivity contribution >= 4 is 0 Å². The molecule has 0 amide bonds. The number of rotatable bonds is 5. The monoisotopic (exact) mass is 281 g/mol. The Bertz CT molecular complexity index is 609. The predicted octanol–water partition coefficient (Wildman–Crippen LogP) is 3.41. The zero-order valence-corrected chi connectivity index (χ0v) is 13.0. The van der Waals surface area contributed by atoms with Gasteiger partial charge in [0.05, 0.1) is 11.4 Å². The normalized spacial score (nSPS) is 22.0. The molecule has 0 radical (unpaired) electrons. The predicted molar refractivity (Wildman–Crippen MR) is 85.2 cm³/mol. The molecule has 1 aliphatic carbocycles. The molecule has 1 saturated carbocycles. The van der Waals surface area contributed by atoms with Crippen LogP contribution in [0.25, 0.3) is 0 Å². The Morgan fingerprint density at radius 2 is 2.00 bits per heavy atom. The van der Waals surface area contributed by atoms with Gasteiger partial charge in [-0.1, -0.05) is 37.3 Å². The summed E-state index contributed by atoms with van der Waals surface area (Å²) in [5.41, 5.74) is 4.91. The van der Waals surface area contributed by atoms with E-state index in [1.165, 1.54) is 17.5 Å². The fraction of sp³-hybridized carbons (Fsp3) is 0.444. The van der Waals surface area contributed by atoms with E-state index in [1.54, 1.807) is 0 Å². The number of aromatic nitrogens is 2. The molecular weight excluding hydrogens is 258 g/mol. The van der Waals surface area contributed by atoms with E-state index < -0.39 is 0 Å². The molecule has 21 heavy (non-hydrogen) atoms. The fourth-order valence-electron chi connectivity index (χ4n) is 3.35. The number of aryl methyl sites for hydroxylation is 2. The van der Waals surface area contributed by atoms with Crippen molar-refractivity contribution in [1.29, 1.82) is 0 Å². The van der Waals surface area contributed by atoms with Crippen molar-refractivity contribution in [2.24, 2.45) is 5.92 Å². The van der Waals surface area contributed by atoms with Gasteiger partial charge in [0.25, 0.3) is 0 Å². The minimum absolute atomic E-state index is 0.374. The van der Waals surface area contributed by atoms with Gasteiger partial charge in [-0.15, -0.1) is 0 Å². The lowest BCUT2D eigenvalue weighted by Gasteiger charge is -2.19. The number of hydrogen-bond donors (Lipinski definition) is 1. The Kier molecular flexibility index (Phi) is 4.02. The molecule has 1 fully saturated rings. The molecule has 3 heteroatoms. The average Bonchev–Trinajstić information content (AvgIpc) is 3.30. The van der Waals surface area contributed by atoms with Gasteiger partial charge in [0.2, 0.25) is 0 Å². The Hall–Kier alpha value is -1.74. The molecule has 3 nitrogen and oxygen atoms in total. The van der Waals surface area contributed by atoms with Crippen molar-refractivity contribution in [3.8, 4) is 0 Å². The summed E-state index contributed by atoms with van der Waals surface area (Å²) in [6.45, 7) is 4.17. The second-order valence-corrected chi connectivity index (χ2v) is 5.92. The largest absolute Gasteiger partial charge is 0.313 e. The maximum atomic E-state index is 4.38. The van der Waals surface area contributed by atoms with E-state index in [1.807, 2.05) is 6.92 Å². The van der Waals surface area contributed by atoms with Crippen LogP contribution in [0.15, 0.2) is 36.4 Å². The van der Waals surface area contributed by atoms with Crippen LogP contribution >= 0.6 is 0 Å². The molecule has 0 aliphatic heterocycles. The molecule has 110 valence electrons. The summed E-state index contributed by atoms with van der Waals surface area (Å²) in [4.78, 5) is 0. The van der Waals surface area contributed by atoms with Crippen LogP contribution in [0.1, 0.15) is 47.8 Å². The summed E-state index contributed by atoms with van der Waals surface area (Å²) >= 11 is 0. The SMILES string of the molecule is CCc1nnc(C)cc1C(NC)C1CC1c1ccccc1. The molecule has 0 bridgehead atoms. The van der Waals surface area contributed by atoms with Crippen LogP contribution < -0.4 is 5.32 Å². The van der Waals surface area contributed by atoms with E-state index in [0.29, 0.717) is 17.9 Å². The Morgan fingerprint density at radius 1 is 1.24 bits per heavy atom. The lowest BCUT2D eigenvalue weighted by molar-refractivity contribution is 0.509. The highest BCUT2D eigenvalue weighted by Crippen LogP contribution is 2.54. The molecule has 1 heterocycles. The molecule has 3 atom stereocenters. The van der Waals surface area contributed by atoms with Gasteiger partial charge < -0.3 is 5.32 Å². The molecule has 3 rings (SSSR count). The summed E-state index contributed by atoms with van der Waals surface area (Å²) in [5.74, 6) is 1.33. The molecule has 1 aromatic heterocycles. The van der Waals surface area contributed by atoms with Crippen molar-refractivity contribution in [3.63, 3.8) is 0 Å². The maximum Gasteiger partial charge on any atom is 0.0676 e. The average molecular weight is 281 g/mol. The smallest absolute Gasteiger partial charge is 0.0676 e. The zero-order valence-electron chi connectivity index (χ0n) is 13.0. The third-order valence-electron chi connectivity index (χ3n) is 4.50. The highest BCUT2D eigenvalue weighted by atomic mass is 15.1. The van der Waals surface area contributed by atoms with Crippen molar-refractivity contribution in [3.05, 3.63) is 58.9 Å². The van der Waals surface area contributed by atoms with Gasteiger partial charge in [-0.3, -0.25) is 0 Å². The van der Waals surface area contributed by atoms with Crippen molar-refractivity contribution in [2.75, 3.05) is 7.05 Å². The van der Waals surface area contributed by atoms with Gasteiger partial charge in [-0.2, -0.15) is 10.2 Å². The Morgan fingerprint density at radius 3 is 2.67 bits per heavy atom. The molecule has 2 aromatic rings. The Labute approximate surface area is 126 Å². The lowest BCUT2D eigenvalue weighted by Crippen LogP contribution is -2.21. The van der Waals surface area contributed by atoms with Crippen LogP contribution in [0, 0.1) is 12.8 Å². The van der Waals surface area contributed by atoms with E-state index in [0.717, 1.165) is 17.8 Å². The first-order valence-corrected chi connectivity index (χ1v) is 7.80. The topological polar surface area (TPSA) is 37.8 Å². The zero-order chi connectivity index (χ0) is 14.8. The third kappa shape index (κ3) is 2.84. The highest BCUT2D eigenvalue weighted by molar-refractivity contribution is 5.32. The first-order chi connectivity index (χ1) is 10.2. The van der Waals surface area contributed by atoms with Crippen LogP contribution in [-0.4, -0.2) is 17.2 Å². The molecule has 3 unspecified atom stereocenters. The Balaban J connectivity index is 1.86. The van der Waals surface area contributed by atoms with Crippen molar-refractivity contribution < 1.29 is 0 Å². The van der Waals surface area contributed by atoms with E-state index in [2.05, 4.69) is 65.9 Å². The molecular formula is C18H23N3. The van der Waals surface area contributed by atoms with Crippen molar-refractivity contribution in [1.82, 2.24) is 15.5 Å². The fourth-order valence-corrected chi connectivity index (χ4v) is 3.35. The summed E-state index contributed by atoms with van der Waals surface area (Å²) in [5, 5.41) is 12.1. The minimum atomic E-state index is 0.374. The number of benzene rings is 1. The second-order valence-electron chi connectivity index (χ2n) is 5.92. The van der Waals surface area contributed by atoms with E-state index in [-0.39, 0.29) is 0 Å². The number of hydrogen-bond acceptors (Lipinski definition) is 3. The second kappa shape index (κ2) is 5.94. The number of nitrogens with one attached hydrogen (secondary N) is 1. The maximum absolute atomic E-state index is 4.38. The first-order valence-electron chi connectivity index (χ1n) is 7.80. The third-order valence-corrected chi connectivity index (χ3v) is 4.50. The number of nitrogens with zero attached hydrogens (tertiary/aromatic N) is 2. The van der Waals surface area contributed by atoms with Gasteiger partial charge in [-0.05, 0) is 55.8 Å². The van der Waals surface area contributed by atoms with Crippen LogP contribution in [0.5, 0.6) is 0 Å².